The van der Waals surface area contributed by atoms with E-state index >= 15 is 0 Å². The second-order valence-corrected chi connectivity index (χ2v) is 11.5. The average molecular weight is 603 g/mol. The van der Waals surface area contributed by atoms with Crippen LogP contribution < -0.4 is 15.2 Å². The van der Waals surface area contributed by atoms with Gasteiger partial charge in [0.05, 0.1) is 21.6 Å². The van der Waals surface area contributed by atoms with Crippen molar-refractivity contribution in [2.24, 2.45) is 11.1 Å². The number of hydrogen-bond donors (Lipinski definition) is 3. The number of nitrogens with one attached hydrogen (secondary N) is 1. The molecule has 0 amide bonds. The zero-order valence-corrected chi connectivity index (χ0v) is 23.7. The number of nitrogens with zero attached hydrogens (tertiary/aromatic N) is 2. The van der Waals surface area contributed by atoms with Crippen LogP contribution in [-0.4, -0.2) is 48.3 Å². The Kier molecular flexibility index (Phi) is 10.2. The van der Waals surface area contributed by atoms with E-state index in [1.54, 1.807) is 0 Å². The van der Waals surface area contributed by atoms with Gasteiger partial charge in [-0.1, -0.05) is 38.1 Å². The summed E-state index contributed by atoms with van der Waals surface area (Å²) in [5, 5.41) is 9.21. The van der Waals surface area contributed by atoms with Gasteiger partial charge in [-0.15, -0.1) is 12.4 Å². The number of rotatable bonds is 10. The third-order valence-electron chi connectivity index (χ3n) is 6.04. The molecule has 0 aliphatic carbocycles. The van der Waals surface area contributed by atoms with Crippen LogP contribution in [-0.2, 0) is 10.0 Å². The van der Waals surface area contributed by atoms with Gasteiger partial charge in [0.1, 0.15) is 6.61 Å². The maximum absolute atomic E-state index is 13.3. The molecule has 0 radical (unpaired) electrons. The van der Waals surface area contributed by atoms with E-state index in [0.717, 1.165) is 31.0 Å². The molecule has 3 aromatic rings. The van der Waals surface area contributed by atoms with E-state index in [9.17, 15) is 31.5 Å². The summed E-state index contributed by atoms with van der Waals surface area (Å²) < 4.78 is 73.8. The van der Waals surface area contributed by atoms with Crippen LogP contribution in [0.1, 0.15) is 41.8 Å². The molecule has 1 aromatic heterocycles. The highest BCUT2D eigenvalue weighted by Crippen LogP contribution is 2.41. The highest BCUT2D eigenvalue weighted by molar-refractivity contribution is 7.92. The lowest BCUT2D eigenvalue weighted by atomic mass is 9.85. The second kappa shape index (κ2) is 12.4. The molecule has 0 aliphatic rings. The van der Waals surface area contributed by atoms with Gasteiger partial charge in [0.25, 0.3) is 10.0 Å². The molecule has 9 nitrogen and oxygen atoms in total. The van der Waals surface area contributed by atoms with Crippen molar-refractivity contribution in [2.45, 2.75) is 51.2 Å². The van der Waals surface area contributed by atoms with Gasteiger partial charge < -0.3 is 15.6 Å². The Morgan fingerprint density at radius 2 is 1.68 bits per heavy atom. The average Bonchev–Trinajstić information content (AvgIpc) is 2.81. The number of anilines is 1. The van der Waals surface area contributed by atoms with Gasteiger partial charge in [-0.3, -0.25) is 0 Å². The number of benzene rings is 2. The van der Waals surface area contributed by atoms with Crippen molar-refractivity contribution >= 4 is 34.3 Å². The van der Waals surface area contributed by atoms with Gasteiger partial charge in [-0.2, -0.15) is 18.2 Å². The van der Waals surface area contributed by atoms with Crippen molar-refractivity contribution in [3.05, 3.63) is 65.2 Å². The van der Waals surface area contributed by atoms with Crippen molar-refractivity contribution in [1.82, 2.24) is 9.97 Å². The lowest BCUT2D eigenvalue weighted by Crippen LogP contribution is -2.40. The molecule has 0 fully saturated rings. The predicted molar refractivity (Wildman–Crippen MR) is 146 cm³/mol. The van der Waals surface area contributed by atoms with E-state index in [1.807, 2.05) is 32.0 Å². The molecule has 40 heavy (non-hydrogen) atoms. The fourth-order valence-corrected chi connectivity index (χ4v) is 4.88. The quantitative estimate of drug-likeness (QED) is 0.281. The summed E-state index contributed by atoms with van der Waals surface area (Å²) >= 11 is 0. The van der Waals surface area contributed by atoms with E-state index in [2.05, 4.69) is 14.7 Å². The number of aromatic nitrogens is 2. The molecule has 1 atom stereocenters. The normalized spacial score (nSPS) is 12.8. The van der Waals surface area contributed by atoms with E-state index in [-0.39, 0.29) is 41.3 Å². The number of halogens is 4. The number of sulfonamides is 1. The molecule has 0 bridgehead atoms. The molecule has 4 N–H and O–H groups in total. The Hall–Kier alpha value is -3.42. The summed E-state index contributed by atoms with van der Waals surface area (Å²) in [6.45, 7) is 5.43. The molecule has 0 unspecified atom stereocenters. The number of alkyl halides is 3. The molecule has 1 heterocycles. The molecular formula is C26H30ClF3N4O5S. The third-order valence-corrected chi connectivity index (χ3v) is 7.37. The van der Waals surface area contributed by atoms with Gasteiger partial charge in [-0.25, -0.2) is 22.9 Å². The van der Waals surface area contributed by atoms with Crippen molar-refractivity contribution in [2.75, 3.05) is 11.3 Å². The largest absolute Gasteiger partial charge is 0.478 e. The van der Waals surface area contributed by atoms with Gasteiger partial charge >= 0.3 is 12.1 Å². The summed E-state index contributed by atoms with van der Waals surface area (Å²) in [5.74, 6) is -1.80. The van der Waals surface area contributed by atoms with Crippen molar-refractivity contribution in [3.63, 3.8) is 0 Å². The van der Waals surface area contributed by atoms with Gasteiger partial charge in [-0.05, 0) is 49.6 Å². The number of carboxylic acid groups (broad SMARTS) is 1. The predicted octanol–water partition coefficient (Wildman–Crippen LogP) is 5.37. The van der Waals surface area contributed by atoms with Crippen molar-refractivity contribution < 1.29 is 36.2 Å². The Bertz CT molecular complexity index is 1460. The standard InChI is InChI=1S/C26H29F3N4O5S.ClH/c1-15-7-5-8-16(2)22(15)20-12-21(38-14-18(30)13-25(3,4)26(27,28)29)32-24(31-20)33-39(36,37)19-10-6-9-17(11-19)23(34)35;/h5-12,18H,13-14,30H2,1-4H3,(H,34,35)(H,31,32,33);1H/t18-;/m1./s1. The number of nitrogens with two attached hydrogens (primary N) is 1. The van der Waals surface area contributed by atoms with Crippen LogP contribution in [0.25, 0.3) is 11.3 Å². The van der Waals surface area contributed by atoms with Crippen LogP contribution in [0.5, 0.6) is 5.88 Å². The number of ether oxygens (including phenoxy) is 1. The van der Waals surface area contributed by atoms with E-state index in [1.165, 1.54) is 24.3 Å². The molecule has 14 heteroatoms. The first-order valence-electron chi connectivity index (χ1n) is 11.8. The summed E-state index contributed by atoms with van der Waals surface area (Å²) in [6.07, 6.45) is -4.87. The summed E-state index contributed by atoms with van der Waals surface area (Å²) in [7, 11) is -4.32. The Labute approximate surface area is 236 Å². The maximum Gasteiger partial charge on any atom is 0.394 e. The maximum atomic E-state index is 13.3. The second-order valence-electron chi connectivity index (χ2n) is 9.78. The Morgan fingerprint density at radius 1 is 1.07 bits per heavy atom. The fraction of sp³-hybridized carbons (Fsp3) is 0.346. The zero-order chi connectivity index (χ0) is 29.2. The van der Waals surface area contributed by atoms with Crippen molar-refractivity contribution in [1.29, 1.82) is 0 Å². The molecule has 2 aromatic carbocycles. The highest BCUT2D eigenvalue weighted by atomic mass is 35.5. The van der Waals surface area contributed by atoms with Gasteiger partial charge in [0.15, 0.2) is 0 Å². The summed E-state index contributed by atoms with van der Waals surface area (Å²) in [6, 6.07) is 10.7. The Morgan fingerprint density at radius 3 is 2.25 bits per heavy atom. The number of carbonyl (C=O) groups is 1. The fourth-order valence-electron chi connectivity index (χ4n) is 3.89. The Balaban J connectivity index is 0.00000560. The monoisotopic (exact) mass is 602 g/mol. The number of hydrogen-bond acceptors (Lipinski definition) is 7. The van der Waals surface area contributed by atoms with Crippen LogP contribution in [0, 0.1) is 19.3 Å². The number of carboxylic acids is 1. The molecule has 0 spiro atoms. The van der Waals surface area contributed by atoms with Crippen LogP contribution in [0.3, 0.4) is 0 Å². The summed E-state index contributed by atoms with van der Waals surface area (Å²) in [4.78, 5) is 19.4. The SMILES string of the molecule is Cc1cccc(C)c1-c1cc(OC[C@H](N)CC(C)(C)C(F)(F)F)nc(NS(=O)(=O)c2cccc(C(=O)O)c2)n1.Cl. The number of aromatic carboxylic acids is 1. The van der Waals surface area contributed by atoms with Gasteiger partial charge in [0, 0.05) is 17.7 Å². The first-order chi connectivity index (χ1) is 18.0. The minimum Gasteiger partial charge on any atom is -0.478 e. The third kappa shape index (κ3) is 7.83. The first-order valence-corrected chi connectivity index (χ1v) is 13.3. The van der Waals surface area contributed by atoms with E-state index in [4.69, 9.17) is 10.5 Å². The summed E-state index contributed by atoms with van der Waals surface area (Å²) in [5.41, 5.74) is 6.28. The number of aryl methyl sites for hydroxylation is 2. The molecular weight excluding hydrogens is 573 g/mol. The highest BCUT2D eigenvalue weighted by Gasteiger charge is 2.47. The van der Waals surface area contributed by atoms with Crippen LogP contribution in [0.2, 0.25) is 0 Å². The van der Waals surface area contributed by atoms with E-state index < -0.39 is 40.0 Å². The molecule has 0 aliphatic heterocycles. The lowest BCUT2D eigenvalue weighted by molar-refractivity contribution is -0.215. The van der Waals surface area contributed by atoms with Gasteiger partial charge in [0.2, 0.25) is 11.8 Å². The first kappa shape index (κ1) is 32.8. The van der Waals surface area contributed by atoms with Crippen LogP contribution >= 0.6 is 12.4 Å². The zero-order valence-electron chi connectivity index (χ0n) is 22.1. The minimum absolute atomic E-state index is 0. The molecule has 0 saturated carbocycles. The molecule has 218 valence electrons. The smallest absolute Gasteiger partial charge is 0.394 e. The van der Waals surface area contributed by atoms with Crippen LogP contribution in [0.15, 0.2) is 53.4 Å². The van der Waals surface area contributed by atoms with Crippen LogP contribution in [0.4, 0.5) is 19.1 Å². The van der Waals surface area contributed by atoms with Crippen molar-refractivity contribution in [3.8, 4) is 17.1 Å². The molecule has 3 rings (SSSR count). The lowest BCUT2D eigenvalue weighted by Gasteiger charge is -2.30. The van der Waals surface area contributed by atoms with E-state index in [0.29, 0.717) is 11.3 Å². The topological polar surface area (TPSA) is 144 Å². The minimum atomic E-state index is -4.46. The molecule has 0 saturated heterocycles.